The van der Waals surface area contributed by atoms with E-state index in [1.807, 2.05) is 0 Å². The molecule has 1 heterocycles. The molecule has 0 radical (unpaired) electrons. The number of halogens is 1. The van der Waals surface area contributed by atoms with Crippen LogP contribution in [0.15, 0.2) is 28.7 Å². The van der Waals surface area contributed by atoms with Gasteiger partial charge in [0.1, 0.15) is 11.6 Å². The van der Waals surface area contributed by atoms with Crippen molar-refractivity contribution in [2.75, 3.05) is 5.73 Å². The van der Waals surface area contributed by atoms with E-state index in [-0.39, 0.29) is 5.75 Å². The Morgan fingerprint density at radius 1 is 1.10 bits per heavy atom. The number of rotatable bonds is 2. The van der Waals surface area contributed by atoms with E-state index in [9.17, 15) is 5.11 Å². The van der Waals surface area contributed by atoms with Crippen LogP contribution in [0.5, 0.6) is 5.75 Å². The number of nitrogen functional groups attached to an aromatic ring is 1. The molecule has 1 aliphatic carbocycles. The van der Waals surface area contributed by atoms with Crippen LogP contribution in [-0.2, 0) is 0 Å². The summed E-state index contributed by atoms with van der Waals surface area (Å²) < 4.78 is 0.826. The quantitative estimate of drug-likeness (QED) is 0.875. The van der Waals surface area contributed by atoms with Gasteiger partial charge in [0.15, 0.2) is 5.82 Å². The summed E-state index contributed by atoms with van der Waals surface area (Å²) in [6.45, 7) is 0. The van der Waals surface area contributed by atoms with Crippen molar-refractivity contribution in [1.29, 1.82) is 0 Å². The summed E-state index contributed by atoms with van der Waals surface area (Å²) in [6.07, 6.45) is 4.80. The number of anilines is 1. The van der Waals surface area contributed by atoms with Gasteiger partial charge in [-0.1, -0.05) is 12.8 Å². The fourth-order valence-corrected chi connectivity index (χ4v) is 3.19. The highest BCUT2D eigenvalue weighted by atomic mass is 79.9. The maximum atomic E-state index is 9.36. The molecular weight excluding hydrogens is 318 g/mol. The monoisotopic (exact) mass is 333 g/mol. The summed E-state index contributed by atoms with van der Waals surface area (Å²) in [4.78, 5) is 9.04. The van der Waals surface area contributed by atoms with E-state index in [0.29, 0.717) is 17.6 Å². The molecule has 0 amide bonds. The molecule has 0 saturated heterocycles. The van der Waals surface area contributed by atoms with Crippen molar-refractivity contribution >= 4 is 21.7 Å². The van der Waals surface area contributed by atoms with Gasteiger partial charge < -0.3 is 10.8 Å². The lowest BCUT2D eigenvalue weighted by molar-refractivity contribution is 0.475. The minimum Gasteiger partial charge on any atom is -0.508 e. The Morgan fingerprint density at radius 2 is 1.75 bits per heavy atom. The first-order valence-corrected chi connectivity index (χ1v) is 7.57. The van der Waals surface area contributed by atoms with Crippen molar-refractivity contribution in [1.82, 2.24) is 9.97 Å². The van der Waals surface area contributed by atoms with Crippen molar-refractivity contribution in [2.24, 2.45) is 0 Å². The van der Waals surface area contributed by atoms with E-state index < -0.39 is 0 Å². The smallest absolute Gasteiger partial charge is 0.161 e. The molecule has 4 nitrogen and oxygen atoms in total. The number of benzene rings is 1. The fraction of sp³-hybridized carbons (Fsp3) is 0.333. The zero-order valence-electron chi connectivity index (χ0n) is 11.0. The van der Waals surface area contributed by atoms with E-state index in [0.717, 1.165) is 28.6 Å². The van der Waals surface area contributed by atoms with E-state index in [2.05, 4.69) is 20.9 Å². The van der Waals surface area contributed by atoms with Crippen LogP contribution in [0.1, 0.15) is 37.3 Å². The predicted octanol–water partition coefficient (Wildman–Crippen LogP) is 3.85. The molecule has 0 spiro atoms. The molecule has 5 heteroatoms. The Labute approximate surface area is 126 Å². The van der Waals surface area contributed by atoms with Gasteiger partial charge in [-0.15, -0.1) is 0 Å². The number of aromatic nitrogens is 2. The largest absolute Gasteiger partial charge is 0.508 e. The van der Waals surface area contributed by atoms with Crippen LogP contribution in [0.2, 0.25) is 0 Å². The number of hydrogen-bond acceptors (Lipinski definition) is 4. The van der Waals surface area contributed by atoms with Crippen LogP contribution >= 0.6 is 15.9 Å². The third kappa shape index (κ3) is 2.50. The molecule has 3 N–H and O–H groups in total. The van der Waals surface area contributed by atoms with Crippen molar-refractivity contribution in [3.8, 4) is 17.1 Å². The molecule has 20 heavy (non-hydrogen) atoms. The molecule has 0 bridgehead atoms. The zero-order valence-corrected chi connectivity index (χ0v) is 12.6. The van der Waals surface area contributed by atoms with Gasteiger partial charge in [0.05, 0.1) is 10.2 Å². The molecule has 0 atom stereocenters. The Hall–Kier alpha value is -1.62. The molecule has 1 aliphatic rings. The van der Waals surface area contributed by atoms with Gasteiger partial charge in [-0.05, 0) is 53.0 Å². The minimum atomic E-state index is 0.231. The van der Waals surface area contributed by atoms with Gasteiger partial charge >= 0.3 is 0 Å². The molecule has 3 rings (SSSR count). The molecule has 1 aromatic carbocycles. The van der Waals surface area contributed by atoms with Crippen LogP contribution in [0.25, 0.3) is 11.4 Å². The molecule has 0 unspecified atom stereocenters. The van der Waals surface area contributed by atoms with Crippen molar-refractivity contribution in [3.05, 3.63) is 34.4 Å². The van der Waals surface area contributed by atoms with Crippen LogP contribution in [0, 0.1) is 0 Å². The maximum Gasteiger partial charge on any atom is 0.161 e. The first kappa shape index (κ1) is 13.4. The number of hydrogen-bond donors (Lipinski definition) is 2. The van der Waals surface area contributed by atoms with Crippen LogP contribution in [-0.4, -0.2) is 15.1 Å². The number of aromatic hydroxyl groups is 1. The maximum absolute atomic E-state index is 9.36. The number of nitrogens with zero attached hydrogens (tertiary/aromatic N) is 2. The number of phenols is 1. The van der Waals surface area contributed by atoms with Gasteiger partial charge in [0, 0.05) is 11.5 Å². The van der Waals surface area contributed by atoms with Gasteiger partial charge in [-0.3, -0.25) is 0 Å². The lowest BCUT2D eigenvalue weighted by Crippen LogP contribution is -2.05. The lowest BCUT2D eigenvalue weighted by atomic mass is 10.0. The van der Waals surface area contributed by atoms with Crippen LogP contribution < -0.4 is 5.73 Å². The highest BCUT2D eigenvalue weighted by Crippen LogP contribution is 2.39. The van der Waals surface area contributed by atoms with Crippen LogP contribution in [0.3, 0.4) is 0 Å². The van der Waals surface area contributed by atoms with Gasteiger partial charge in [-0.25, -0.2) is 9.97 Å². The van der Waals surface area contributed by atoms with Gasteiger partial charge in [0.25, 0.3) is 0 Å². The van der Waals surface area contributed by atoms with E-state index in [4.69, 9.17) is 10.7 Å². The third-order valence-electron chi connectivity index (χ3n) is 3.77. The van der Waals surface area contributed by atoms with E-state index >= 15 is 0 Å². The molecule has 0 aliphatic heterocycles. The summed E-state index contributed by atoms with van der Waals surface area (Å²) in [5.41, 5.74) is 7.88. The van der Waals surface area contributed by atoms with Crippen molar-refractivity contribution in [2.45, 2.75) is 31.6 Å². The first-order chi connectivity index (χ1) is 9.65. The molecular formula is C15H16BrN3O. The van der Waals surface area contributed by atoms with Crippen molar-refractivity contribution < 1.29 is 5.11 Å². The lowest BCUT2D eigenvalue weighted by Gasteiger charge is -2.14. The number of phenolic OH excluding ortho intramolecular Hbond substituents is 1. The van der Waals surface area contributed by atoms with Gasteiger partial charge in [0.2, 0.25) is 0 Å². The van der Waals surface area contributed by atoms with Gasteiger partial charge in [-0.2, -0.15) is 0 Å². The second-order valence-corrected chi connectivity index (χ2v) is 5.95. The summed E-state index contributed by atoms with van der Waals surface area (Å²) in [5.74, 6) is 1.79. The molecule has 1 aromatic heterocycles. The Kier molecular flexibility index (Phi) is 3.61. The Morgan fingerprint density at radius 3 is 2.40 bits per heavy atom. The molecule has 104 valence electrons. The SMILES string of the molecule is Nc1nc(-c2ccc(O)cc2)nc(C2CCCC2)c1Br. The second kappa shape index (κ2) is 5.40. The molecule has 1 saturated carbocycles. The summed E-state index contributed by atoms with van der Waals surface area (Å²) in [7, 11) is 0. The highest BCUT2D eigenvalue weighted by Gasteiger charge is 2.23. The van der Waals surface area contributed by atoms with Crippen molar-refractivity contribution in [3.63, 3.8) is 0 Å². The average Bonchev–Trinajstić information content (AvgIpc) is 2.96. The zero-order chi connectivity index (χ0) is 14.1. The summed E-state index contributed by atoms with van der Waals surface area (Å²) >= 11 is 3.52. The van der Waals surface area contributed by atoms with E-state index in [1.165, 1.54) is 12.8 Å². The third-order valence-corrected chi connectivity index (χ3v) is 4.58. The topological polar surface area (TPSA) is 72.0 Å². The Bertz CT molecular complexity index is 622. The fourth-order valence-electron chi connectivity index (χ4n) is 2.69. The second-order valence-electron chi connectivity index (χ2n) is 5.16. The molecule has 2 aromatic rings. The minimum absolute atomic E-state index is 0.231. The van der Waals surface area contributed by atoms with Crippen LogP contribution in [0.4, 0.5) is 5.82 Å². The highest BCUT2D eigenvalue weighted by molar-refractivity contribution is 9.10. The summed E-state index contributed by atoms with van der Waals surface area (Å²) in [5, 5.41) is 9.36. The predicted molar refractivity (Wildman–Crippen MR) is 82.5 cm³/mol. The first-order valence-electron chi connectivity index (χ1n) is 6.77. The normalized spacial score (nSPS) is 15.7. The summed E-state index contributed by atoms with van der Waals surface area (Å²) in [6, 6.07) is 6.87. The number of nitrogens with two attached hydrogens (primary N) is 1. The van der Waals surface area contributed by atoms with E-state index in [1.54, 1.807) is 24.3 Å². The molecule has 1 fully saturated rings. The average molecular weight is 334 g/mol. The standard InChI is InChI=1S/C15H16BrN3O/c16-12-13(9-3-1-2-4-9)18-15(19-14(12)17)10-5-7-11(20)8-6-10/h5-9,20H,1-4H2,(H2,17,18,19). The Balaban J connectivity index is 2.05.